The molecule has 2 saturated heterocycles. The lowest BCUT2D eigenvalue weighted by Gasteiger charge is -2.36. The van der Waals surface area contributed by atoms with E-state index in [-0.39, 0.29) is 0 Å². The molecule has 0 bridgehead atoms. The Kier molecular flexibility index (Phi) is 5.80. The monoisotopic (exact) mass is 382 g/mol. The van der Waals surface area contributed by atoms with Crippen LogP contribution in [0.4, 0.5) is 0 Å². The lowest BCUT2D eigenvalue weighted by molar-refractivity contribution is 0.124. The van der Waals surface area contributed by atoms with Crippen molar-refractivity contribution in [3.8, 4) is 0 Å². The first-order valence-corrected chi connectivity index (χ1v) is 10.7. The minimum absolute atomic E-state index is 0.421. The number of piperidine rings is 1. The molecular weight excluding hydrogens is 348 g/mol. The Morgan fingerprint density at radius 2 is 1.82 bits per heavy atom. The molecule has 4 rings (SSSR count). The summed E-state index contributed by atoms with van der Waals surface area (Å²) in [6, 6.07) is 11.6. The molecule has 1 atom stereocenters. The van der Waals surface area contributed by atoms with Crippen LogP contribution in [-0.2, 0) is 18.6 Å². The number of nitrogens with zero attached hydrogens (tertiary/aromatic N) is 5. The van der Waals surface area contributed by atoms with E-state index in [0.717, 1.165) is 24.8 Å². The molecule has 2 aromatic rings. The highest BCUT2D eigenvalue weighted by molar-refractivity contribution is 5.14. The Labute approximate surface area is 168 Å². The van der Waals surface area contributed by atoms with Gasteiger partial charge in [0.1, 0.15) is 5.69 Å². The molecule has 28 heavy (non-hydrogen) atoms. The molecule has 3 heterocycles. The molecule has 2 aliphatic heterocycles. The molecule has 6 heteroatoms. The second-order valence-electron chi connectivity index (χ2n) is 9.19. The van der Waals surface area contributed by atoms with E-state index in [1.54, 1.807) is 0 Å². The Bertz CT molecular complexity index is 742. The van der Waals surface area contributed by atoms with Crippen LogP contribution >= 0.6 is 0 Å². The van der Waals surface area contributed by atoms with Gasteiger partial charge in [0.2, 0.25) is 0 Å². The normalized spacial score (nSPS) is 22.8. The smallest absolute Gasteiger partial charge is 0.102 e. The highest BCUT2D eigenvalue weighted by Crippen LogP contribution is 2.25. The average Bonchev–Trinajstić information content (AvgIpc) is 3.33. The molecular formula is C22H34N6. The lowest BCUT2D eigenvalue weighted by Crippen LogP contribution is -2.43. The van der Waals surface area contributed by atoms with Gasteiger partial charge >= 0.3 is 0 Å². The lowest BCUT2D eigenvalue weighted by atomic mass is 9.95. The molecule has 0 radical (unpaired) electrons. The minimum Gasteiger partial charge on any atom is -0.320 e. The summed E-state index contributed by atoms with van der Waals surface area (Å²) >= 11 is 0. The van der Waals surface area contributed by atoms with Crippen LogP contribution in [0.25, 0.3) is 0 Å². The number of hydrogen-bond donors (Lipinski definition) is 1. The van der Waals surface area contributed by atoms with E-state index in [1.807, 2.05) is 24.7 Å². The molecule has 2 aliphatic rings. The van der Waals surface area contributed by atoms with Gasteiger partial charge in [0, 0.05) is 32.2 Å². The van der Waals surface area contributed by atoms with Crippen molar-refractivity contribution in [2.75, 3.05) is 26.2 Å². The minimum atomic E-state index is -0.421. The third-order valence-electron chi connectivity index (χ3n) is 6.31. The first kappa shape index (κ1) is 19.6. The van der Waals surface area contributed by atoms with E-state index in [0.29, 0.717) is 5.92 Å². The van der Waals surface area contributed by atoms with E-state index < -0.39 is 5.54 Å². The fourth-order valence-electron chi connectivity index (χ4n) is 4.54. The Hall–Kier alpha value is -1.76. The van der Waals surface area contributed by atoms with Gasteiger partial charge in [0.25, 0.3) is 0 Å². The highest BCUT2D eigenvalue weighted by Gasteiger charge is 2.30. The van der Waals surface area contributed by atoms with Crippen molar-refractivity contribution in [3.05, 3.63) is 47.8 Å². The molecule has 6 nitrogen and oxygen atoms in total. The maximum Gasteiger partial charge on any atom is 0.102 e. The molecule has 0 unspecified atom stereocenters. The zero-order valence-electron chi connectivity index (χ0n) is 17.3. The van der Waals surface area contributed by atoms with Crippen molar-refractivity contribution in [2.24, 2.45) is 11.7 Å². The van der Waals surface area contributed by atoms with E-state index >= 15 is 0 Å². The zero-order valence-corrected chi connectivity index (χ0v) is 17.3. The van der Waals surface area contributed by atoms with E-state index in [2.05, 4.69) is 50.4 Å². The second-order valence-corrected chi connectivity index (χ2v) is 9.19. The molecule has 2 fully saturated rings. The third kappa shape index (κ3) is 4.80. The van der Waals surface area contributed by atoms with Crippen LogP contribution < -0.4 is 5.73 Å². The SMILES string of the molecule is CC(C)(N)c1cn(CC2CCN([C@H]3CCN(Cc4ccccc4)C3)CC2)nn1. The fourth-order valence-corrected chi connectivity index (χ4v) is 4.54. The number of hydrogen-bond acceptors (Lipinski definition) is 5. The Balaban J connectivity index is 1.23. The summed E-state index contributed by atoms with van der Waals surface area (Å²) in [5, 5.41) is 8.54. The second kappa shape index (κ2) is 8.31. The number of rotatable bonds is 6. The molecule has 1 aromatic carbocycles. The van der Waals surface area contributed by atoms with Gasteiger partial charge in [-0.05, 0) is 57.7 Å². The van der Waals surface area contributed by atoms with E-state index in [9.17, 15) is 0 Å². The van der Waals surface area contributed by atoms with Crippen molar-refractivity contribution in [1.29, 1.82) is 0 Å². The van der Waals surface area contributed by atoms with Crippen molar-refractivity contribution < 1.29 is 0 Å². The van der Waals surface area contributed by atoms with Gasteiger partial charge in [0.05, 0.1) is 11.7 Å². The first-order chi connectivity index (χ1) is 13.5. The van der Waals surface area contributed by atoms with Crippen LogP contribution in [0.3, 0.4) is 0 Å². The molecule has 0 amide bonds. The maximum absolute atomic E-state index is 6.12. The van der Waals surface area contributed by atoms with Gasteiger partial charge in [-0.25, -0.2) is 0 Å². The van der Waals surface area contributed by atoms with Gasteiger partial charge in [-0.15, -0.1) is 5.10 Å². The van der Waals surface area contributed by atoms with Gasteiger partial charge in [-0.1, -0.05) is 35.5 Å². The number of likely N-dealkylation sites (tertiary alicyclic amines) is 2. The zero-order chi connectivity index (χ0) is 19.6. The number of nitrogens with two attached hydrogens (primary N) is 1. The van der Waals surface area contributed by atoms with Crippen molar-refractivity contribution >= 4 is 0 Å². The highest BCUT2D eigenvalue weighted by atomic mass is 15.4. The van der Waals surface area contributed by atoms with Gasteiger partial charge in [-0.2, -0.15) is 0 Å². The van der Waals surface area contributed by atoms with Gasteiger partial charge < -0.3 is 5.73 Å². The largest absolute Gasteiger partial charge is 0.320 e. The summed E-state index contributed by atoms with van der Waals surface area (Å²) in [5.41, 5.74) is 8.00. The molecule has 152 valence electrons. The quantitative estimate of drug-likeness (QED) is 0.831. The maximum atomic E-state index is 6.12. The van der Waals surface area contributed by atoms with Crippen molar-refractivity contribution in [3.63, 3.8) is 0 Å². The molecule has 2 N–H and O–H groups in total. The van der Waals surface area contributed by atoms with Gasteiger partial charge in [0.15, 0.2) is 0 Å². The predicted octanol–water partition coefficient (Wildman–Crippen LogP) is 2.46. The van der Waals surface area contributed by atoms with Crippen LogP contribution in [0.15, 0.2) is 36.5 Å². The average molecular weight is 383 g/mol. The summed E-state index contributed by atoms with van der Waals surface area (Å²) < 4.78 is 1.99. The molecule has 1 aromatic heterocycles. The van der Waals surface area contributed by atoms with Crippen molar-refractivity contribution in [2.45, 2.75) is 57.8 Å². The summed E-state index contributed by atoms with van der Waals surface area (Å²) in [6.07, 6.45) is 5.81. The van der Waals surface area contributed by atoms with E-state index in [1.165, 1.54) is 51.0 Å². The topological polar surface area (TPSA) is 63.2 Å². The van der Waals surface area contributed by atoms with E-state index in [4.69, 9.17) is 5.73 Å². The van der Waals surface area contributed by atoms with Crippen LogP contribution in [0.5, 0.6) is 0 Å². The summed E-state index contributed by atoms with van der Waals surface area (Å²) in [4.78, 5) is 5.33. The molecule has 0 saturated carbocycles. The summed E-state index contributed by atoms with van der Waals surface area (Å²) in [7, 11) is 0. The molecule has 0 aliphatic carbocycles. The fraction of sp³-hybridized carbons (Fsp3) is 0.636. The van der Waals surface area contributed by atoms with Gasteiger partial charge in [-0.3, -0.25) is 14.5 Å². The number of aromatic nitrogens is 3. The standard InChI is InChI=1S/C22H34N6/c1-22(2,23)21-17-28(25-24-21)15-19-8-12-27(13-9-19)20-10-11-26(16-20)14-18-6-4-3-5-7-18/h3-7,17,19-20H,8-16,23H2,1-2H3/t20-/m0/s1. The Morgan fingerprint density at radius 1 is 1.07 bits per heavy atom. The first-order valence-electron chi connectivity index (χ1n) is 10.7. The predicted molar refractivity (Wildman–Crippen MR) is 112 cm³/mol. The Morgan fingerprint density at radius 3 is 2.50 bits per heavy atom. The van der Waals surface area contributed by atoms with Crippen molar-refractivity contribution in [1.82, 2.24) is 24.8 Å². The van der Waals surface area contributed by atoms with Crippen LogP contribution in [0, 0.1) is 5.92 Å². The van der Waals surface area contributed by atoms with Crippen LogP contribution in [0.2, 0.25) is 0 Å². The van der Waals surface area contributed by atoms with Crippen LogP contribution in [-0.4, -0.2) is 57.0 Å². The third-order valence-corrected chi connectivity index (χ3v) is 6.31. The molecule has 0 spiro atoms. The summed E-state index contributed by atoms with van der Waals surface area (Å²) in [5.74, 6) is 0.688. The van der Waals surface area contributed by atoms with Crippen LogP contribution in [0.1, 0.15) is 44.4 Å². The summed E-state index contributed by atoms with van der Waals surface area (Å²) in [6.45, 7) is 10.8. The number of benzene rings is 1.